The lowest BCUT2D eigenvalue weighted by atomic mass is 10.1. The predicted octanol–water partition coefficient (Wildman–Crippen LogP) is 2.11. The molecule has 0 aliphatic heterocycles. The molecule has 0 N–H and O–H groups in total. The summed E-state index contributed by atoms with van der Waals surface area (Å²) in [6, 6.07) is 0.280. The minimum atomic E-state index is 0.125. The van der Waals surface area contributed by atoms with Crippen LogP contribution in [-0.2, 0) is 4.79 Å². The van der Waals surface area contributed by atoms with E-state index in [4.69, 9.17) is 0 Å². The Morgan fingerprint density at radius 2 is 1.85 bits per heavy atom. The van der Waals surface area contributed by atoms with E-state index in [2.05, 4.69) is 13.5 Å². The van der Waals surface area contributed by atoms with Crippen LogP contribution < -0.4 is 0 Å². The van der Waals surface area contributed by atoms with Crippen LogP contribution in [0.5, 0.6) is 0 Å². The number of Topliss-reactive ketones (excluding diaryl/α,β-unsaturated/α-hetero) is 1. The molecule has 0 fully saturated rings. The second kappa shape index (κ2) is 5.18. The van der Waals surface area contributed by atoms with Crippen molar-refractivity contribution in [2.24, 2.45) is 5.92 Å². The number of hydrogen-bond acceptors (Lipinski definition) is 2. The molecule has 2 nitrogen and oxygen atoms in total. The van der Waals surface area contributed by atoms with Crippen molar-refractivity contribution in [2.75, 3.05) is 13.6 Å². The summed E-state index contributed by atoms with van der Waals surface area (Å²) in [7, 11) is 1.96. The number of likely N-dealkylation sites (N-methyl/N-ethyl adjacent to an activating group) is 1. The van der Waals surface area contributed by atoms with Gasteiger partial charge in [0.1, 0.15) is 5.78 Å². The third-order valence-electron chi connectivity index (χ3n) is 2.42. The summed E-state index contributed by atoms with van der Waals surface area (Å²) in [5, 5.41) is 0. The molecule has 1 unspecified atom stereocenters. The fourth-order valence-electron chi connectivity index (χ4n) is 0.942. The monoisotopic (exact) mass is 183 g/mol. The van der Waals surface area contributed by atoms with Crippen molar-refractivity contribution in [1.82, 2.24) is 4.90 Å². The molecular formula is C11H21NO. The van der Waals surface area contributed by atoms with Gasteiger partial charge in [-0.05, 0) is 20.9 Å². The van der Waals surface area contributed by atoms with Crippen molar-refractivity contribution in [3.05, 3.63) is 12.2 Å². The van der Waals surface area contributed by atoms with Crippen molar-refractivity contribution in [1.29, 1.82) is 0 Å². The average molecular weight is 183 g/mol. The van der Waals surface area contributed by atoms with E-state index in [0.29, 0.717) is 6.54 Å². The van der Waals surface area contributed by atoms with Crippen LogP contribution in [0.4, 0.5) is 0 Å². The van der Waals surface area contributed by atoms with Crippen LogP contribution in [0.15, 0.2) is 12.2 Å². The molecule has 0 heterocycles. The minimum absolute atomic E-state index is 0.125. The van der Waals surface area contributed by atoms with Gasteiger partial charge in [0.25, 0.3) is 0 Å². The van der Waals surface area contributed by atoms with E-state index in [0.717, 1.165) is 5.57 Å². The normalized spacial score (nSPS) is 13.5. The van der Waals surface area contributed by atoms with Gasteiger partial charge in [0.2, 0.25) is 0 Å². The van der Waals surface area contributed by atoms with Crippen LogP contribution >= 0.6 is 0 Å². The first kappa shape index (κ1) is 12.4. The summed E-state index contributed by atoms with van der Waals surface area (Å²) in [4.78, 5) is 13.4. The number of hydrogen-bond donors (Lipinski definition) is 0. The van der Waals surface area contributed by atoms with Gasteiger partial charge >= 0.3 is 0 Å². The van der Waals surface area contributed by atoms with Crippen LogP contribution in [0.3, 0.4) is 0 Å². The predicted molar refractivity (Wildman–Crippen MR) is 56.8 cm³/mol. The molecule has 1 atom stereocenters. The van der Waals surface area contributed by atoms with E-state index in [1.54, 1.807) is 0 Å². The topological polar surface area (TPSA) is 20.3 Å². The molecule has 76 valence electrons. The summed E-state index contributed by atoms with van der Waals surface area (Å²) < 4.78 is 0. The molecule has 0 aliphatic carbocycles. The first-order valence-electron chi connectivity index (χ1n) is 4.74. The van der Waals surface area contributed by atoms with Crippen molar-refractivity contribution < 1.29 is 4.79 Å². The highest BCUT2D eigenvalue weighted by Crippen LogP contribution is 2.06. The Kier molecular flexibility index (Phi) is 4.92. The number of carbonyl (C=O) groups excluding carboxylic acids is 1. The number of nitrogens with zero attached hydrogens (tertiary/aromatic N) is 1. The van der Waals surface area contributed by atoms with E-state index in [-0.39, 0.29) is 17.7 Å². The van der Waals surface area contributed by atoms with Crippen molar-refractivity contribution in [3.63, 3.8) is 0 Å². The highest BCUT2D eigenvalue weighted by atomic mass is 16.1. The van der Waals surface area contributed by atoms with E-state index < -0.39 is 0 Å². The van der Waals surface area contributed by atoms with E-state index in [9.17, 15) is 4.79 Å². The highest BCUT2D eigenvalue weighted by Gasteiger charge is 2.15. The molecule has 0 spiro atoms. The maximum absolute atomic E-state index is 11.4. The molecule has 0 aliphatic rings. The summed E-state index contributed by atoms with van der Waals surface area (Å²) in [6.07, 6.45) is 0. The zero-order valence-corrected chi connectivity index (χ0v) is 9.42. The maximum Gasteiger partial charge on any atom is 0.149 e. The Morgan fingerprint density at radius 3 is 2.15 bits per heavy atom. The first-order chi connectivity index (χ1) is 5.86. The van der Waals surface area contributed by atoms with Crippen LogP contribution in [0, 0.1) is 5.92 Å². The molecule has 0 saturated heterocycles. The van der Waals surface area contributed by atoms with Gasteiger partial charge in [-0.25, -0.2) is 0 Å². The Balaban J connectivity index is 4.07. The molecule has 0 rings (SSSR count). The Bertz CT molecular complexity index is 196. The maximum atomic E-state index is 11.4. The van der Waals surface area contributed by atoms with Gasteiger partial charge in [-0.15, -0.1) is 0 Å². The van der Waals surface area contributed by atoms with Gasteiger partial charge in [-0.1, -0.05) is 26.0 Å². The van der Waals surface area contributed by atoms with Gasteiger partial charge in [0, 0.05) is 12.0 Å². The lowest BCUT2D eigenvalue weighted by molar-refractivity contribution is -0.123. The second-order valence-corrected chi connectivity index (χ2v) is 4.06. The van der Waals surface area contributed by atoms with Crippen LogP contribution in [0.2, 0.25) is 0 Å². The molecule has 0 aromatic rings. The quantitative estimate of drug-likeness (QED) is 0.608. The SMILES string of the molecule is C=C(C)C(C)N(C)CC(=O)C(C)C. The highest BCUT2D eigenvalue weighted by molar-refractivity contribution is 5.82. The lowest BCUT2D eigenvalue weighted by Gasteiger charge is -2.24. The summed E-state index contributed by atoms with van der Waals surface area (Å²) in [5.74, 6) is 0.412. The number of rotatable bonds is 5. The van der Waals surface area contributed by atoms with E-state index >= 15 is 0 Å². The van der Waals surface area contributed by atoms with Gasteiger partial charge in [0.05, 0.1) is 6.54 Å². The molecule has 2 heteroatoms. The van der Waals surface area contributed by atoms with Crippen molar-refractivity contribution >= 4 is 5.78 Å². The largest absolute Gasteiger partial charge is 0.298 e. The molecule has 13 heavy (non-hydrogen) atoms. The van der Waals surface area contributed by atoms with Crippen LogP contribution in [0.25, 0.3) is 0 Å². The fraction of sp³-hybridized carbons (Fsp3) is 0.727. The Hall–Kier alpha value is -0.630. The second-order valence-electron chi connectivity index (χ2n) is 4.06. The van der Waals surface area contributed by atoms with Crippen LogP contribution in [0.1, 0.15) is 27.7 Å². The molecule has 0 aromatic carbocycles. The molecule has 0 bridgehead atoms. The summed E-state index contributed by atoms with van der Waals surface area (Å²) in [5.41, 5.74) is 1.10. The number of ketones is 1. The molecule has 0 aromatic heterocycles. The zero-order valence-electron chi connectivity index (χ0n) is 9.42. The van der Waals surface area contributed by atoms with Gasteiger partial charge in [-0.3, -0.25) is 9.69 Å². The minimum Gasteiger partial charge on any atom is -0.298 e. The Labute approximate surface area is 81.6 Å². The smallest absolute Gasteiger partial charge is 0.149 e. The van der Waals surface area contributed by atoms with Crippen molar-refractivity contribution in [2.45, 2.75) is 33.7 Å². The van der Waals surface area contributed by atoms with E-state index in [1.807, 2.05) is 32.7 Å². The summed E-state index contributed by atoms with van der Waals surface area (Å²) in [6.45, 7) is 12.3. The van der Waals surface area contributed by atoms with E-state index in [1.165, 1.54) is 0 Å². The summed E-state index contributed by atoms with van der Waals surface area (Å²) >= 11 is 0. The standard InChI is InChI=1S/C11H21NO/c1-8(2)10(5)12(6)7-11(13)9(3)4/h9-10H,1,7H2,2-6H3. The first-order valence-corrected chi connectivity index (χ1v) is 4.74. The molecule has 0 amide bonds. The third kappa shape index (κ3) is 4.23. The zero-order chi connectivity index (χ0) is 10.6. The Morgan fingerprint density at radius 1 is 1.38 bits per heavy atom. The fourth-order valence-corrected chi connectivity index (χ4v) is 0.942. The molecule has 0 saturated carbocycles. The van der Waals surface area contributed by atoms with Crippen LogP contribution in [-0.4, -0.2) is 30.3 Å². The van der Waals surface area contributed by atoms with Gasteiger partial charge < -0.3 is 0 Å². The van der Waals surface area contributed by atoms with Crippen molar-refractivity contribution in [3.8, 4) is 0 Å². The van der Waals surface area contributed by atoms with Gasteiger partial charge in [0.15, 0.2) is 0 Å². The van der Waals surface area contributed by atoms with Gasteiger partial charge in [-0.2, -0.15) is 0 Å². The average Bonchev–Trinajstić information content (AvgIpc) is 2.02. The lowest BCUT2D eigenvalue weighted by Crippen LogP contribution is -2.35. The molecular weight excluding hydrogens is 162 g/mol. The molecule has 0 radical (unpaired) electrons. The number of carbonyl (C=O) groups is 1. The third-order valence-corrected chi connectivity index (χ3v) is 2.42.